The number of nitrogens with zero attached hydrogens (tertiary/aromatic N) is 4. The summed E-state index contributed by atoms with van der Waals surface area (Å²) in [5, 5.41) is 0. The van der Waals surface area contributed by atoms with Crippen LogP contribution in [0.4, 0.5) is 45.5 Å². The fraction of sp³-hybridized carbons (Fsp3) is 0.222. The first-order chi connectivity index (χ1) is 30.8. The van der Waals surface area contributed by atoms with Gasteiger partial charge in [0.2, 0.25) is 0 Å². The first-order valence-electron chi connectivity index (χ1n) is 23.1. The Bertz CT molecular complexity index is 2890. The summed E-state index contributed by atoms with van der Waals surface area (Å²) in [7, 11) is 0. The minimum absolute atomic E-state index is 0.0171. The van der Waals surface area contributed by atoms with Crippen LogP contribution in [0.25, 0.3) is 0 Å². The summed E-state index contributed by atoms with van der Waals surface area (Å²) in [6.45, 7) is 4.47. The van der Waals surface area contributed by atoms with E-state index in [9.17, 15) is 0 Å². The molecule has 0 saturated carbocycles. The molecule has 8 heteroatoms. The van der Waals surface area contributed by atoms with Gasteiger partial charge in [-0.25, -0.2) is 0 Å². The van der Waals surface area contributed by atoms with Crippen molar-refractivity contribution in [2.24, 2.45) is 0 Å². The van der Waals surface area contributed by atoms with Crippen LogP contribution in [0, 0.1) is 0 Å². The molecule has 8 aliphatic heterocycles. The molecule has 7 aromatic rings. The molecule has 0 atom stereocenters. The van der Waals surface area contributed by atoms with Gasteiger partial charge in [0.1, 0.15) is 23.0 Å². The fourth-order valence-electron chi connectivity index (χ4n) is 13.3. The van der Waals surface area contributed by atoms with Crippen LogP contribution in [0.15, 0.2) is 121 Å². The minimum Gasteiger partial charge on any atom is -0.458 e. The van der Waals surface area contributed by atoms with Gasteiger partial charge < -0.3 is 29.1 Å². The van der Waals surface area contributed by atoms with E-state index < -0.39 is 0 Å². The van der Waals surface area contributed by atoms with Gasteiger partial charge in [0, 0.05) is 71.4 Å². The van der Waals surface area contributed by atoms with Gasteiger partial charge in [-0.1, -0.05) is 78.9 Å². The van der Waals surface area contributed by atoms with Gasteiger partial charge in [-0.3, -0.25) is 0 Å². The lowest BCUT2D eigenvalue weighted by atomic mass is 9.30. The van der Waals surface area contributed by atoms with Crippen molar-refractivity contribution in [3.05, 3.63) is 144 Å². The zero-order valence-electron chi connectivity index (χ0n) is 34.8. The van der Waals surface area contributed by atoms with Gasteiger partial charge in [-0.15, -0.1) is 0 Å². The Labute approximate surface area is 363 Å². The van der Waals surface area contributed by atoms with E-state index in [1.165, 1.54) is 101 Å². The van der Waals surface area contributed by atoms with E-state index in [4.69, 9.17) is 9.47 Å². The molecule has 0 bridgehead atoms. The van der Waals surface area contributed by atoms with E-state index in [2.05, 4.69) is 141 Å². The van der Waals surface area contributed by atoms with E-state index in [0.717, 1.165) is 101 Å². The highest BCUT2D eigenvalue weighted by molar-refractivity contribution is 7.02. The van der Waals surface area contributed by atoms with Crippen molar-refractivity contribution in [2.75, 3.05) is 45.8 Å². The number of ether oxygens (including phenoxy) is 2. The van der Waals surface area contributed by atoms with Crippen molar-refractivity contribution in [3.63, 3.8) is 0 Å². The van der Waals surface area contributed by atoms with Crippen LogP contribution in [0.2, 0.25) is 0 Å². The number of fused-ring (bicyclic) bond motifs is 12. The monoisotopic (exact) mass is 802 g/mol. The molecule has 0 fully saturated rings. The summed E-state index contributed by atoms with van der Waals surface area (Å²) in [6.07, 6.45) is 8.86. The number of hydrogen-bond donors (Lipinski definition) is 0. The van der Waals surface area contributed by atoms with E-state index in [1.807, 2.05) is 0 Å². The van der Waals surface area contributed by atoms with Crippen LogP contribution in [-0.2, 0) is 25.7 Å². The van der Waals surface area contributed by atoms with Crippen molar-refractivity contribution in [1.82, 2.24) is 0 Å². The third-order valence-corrected chi connectivity index (χ3v) is 15.5. The maximum atomic E-state index is 7.25. The summed E-state index contributed by atoms with van der Waals surface area (Å²) in [5.41, 5.74) is 24.2. The second-order valence-corrected chi connectivity index (χ2v) is 18.6. The third-order valence-electron chi connectivity index (χ3n) is 15.5. The SMILES string of the molecule is c1ccc(N2c3cc4c(cc3B3c5ccccc5Oc5c6c7c(c2c53)CCCN7CCC6)B2c3ccccc3Oc3c5c6c(c(c32)N4c2ccccc2)CCCN6CCC5)cc1. The van der Waals surface area contributed by atoms with Gasteiger partial charge in [0.05, 0.1) is 11.4 Å². The molecule has 0 radical (unpaired) electrons. The van der Waals surface area contributed by atoms with Gasteiger partial charge >= 0.3 is 0 Å². The Balaban J connectivity index is 1.10. The molecule has 0 N–H and O–H groups in total. The predicted molar refractivity (Wildman–Crippen MR) is 256 cm³/mol. The molecule has 0 saturated heterocycles. The standard InChI is InChI=1S/C54H44B2N4O2/c1-3-15-33(16-4-1)59-43-32-44-42(31-41(43)55-39-23-7-9-25-45(39)61-53-37-21-13-29-57-27-11-19-35(49(37)57)51(59)47(53)55)56-40-24-8-10-26-46(40)62-54-38-22-14-30-58-28-12-20-36(50(38)58)52(48(54)56)60(44)34-17-5-2-6-18-34/h1-10,15-18,23-26,31-32H,11-14,19-22,27-30H2. The first-order valence-corrected chi connectivity index (χ1v) is 23.1. The average molecular weight is 803 g/mol. The Morgan fingerprint density at radius 1 is 0.387 bits per heavy atom. The average Bonchev–Trinajstić information content (AvgIpc) is 3.33. The van der Waals surface area contributed by atoms with Crippen molar-refractivity contribution >= 4 is 91.7 Å². The van der Waals surface area contributed by atoms with Crippen LogP contribution < -0.4 is 61.9 Å². The molecule has 15 rings (SSSR count). The van der Waals surface area contributed by atoms with E-state index >= 15 is 0 Å². The van der Waals surface area contributed by atoms with Crippen molar-refractivity contribution in [1.29, 1.82) is 0 Å². The molecule has 0 amide bonds. The zero-order valence-corrected chi connectivity index (χ0v) is 34.8. The van der Waals surface area contributed by atoms with Crippen LogP contribution in [0.3, 0.4) is 0 Å². The summed E-state index contributed by atoms with van der Waals surface area (Å²) in [5.74, 6) is 4.18. The zero-order chi connectivity index (χ0) is 40.2. The van der Waals surface area contributed by atoms with Crippen molar-refractivity contribution in [2.45, 2.75) is 51.4 Å². The number of para-hydroxylation sites is 4. The summed E-state index contributed by atoms with van der Waals surface area (Å²) >= 11 is 0. The van der Waals surface area contributed by atoms with Gasteiger partial charge in [0.25, 0.3) is 13.4 Å². The Morgan fingerprint density at radius 3 is 1.24 bits per heavy atom. The topological polar surface area (TPSA) is 31.4 Å². The van der Waals surface area contributed by atoms with Crippen LogP contribution in [0.5, 0.6) is 23.0 Å². The third kappa shape index (κ3) is 4.37. The highest BCUT2D eigenvalue weighted by Crippen LogP contribution is 2.54. The fourth-order valence-corrected chi connectivity index (χ4v) is 13.3. The Morgan fingerprint density at radius 2 is 0.790 bits per heavy atom. The number of benzene rings is 7. The molecule has 8 aliphatic rings. The maximum Gasteiger partial charge on any atom is 0.256 e. The highest BCUT2D eigenvalue weighted by Gasteiger charge is 2.51. The summed E-state index contributed by atoms with van der Waals surface area (Å²) in [6, 6.07) is 45.5. The molecular formula is C54H44B2N4O2. The van der Waals surface area contributed by atoms with Crippen molar-refractivity contribution in [3.8, 4) is 23.0 Å². The van der Waals surface area contributed by atoms with E-state index in [-0.39, 0.29) is 13.4 Å². The molecule has 0 spiro atoms. The van der Waals surface area contributed by atoms with Crippen LogP contribution >= 0.6 is 0 Å². The Hall–Kier alpha value is -6.53. The highest BCUT2D eigenvalue weighted by atomic mass is 16.5. The second kappa shape index (κ2) is 12.5. The Kier molecular flexibility index (Phi) is 6.89. The van der Waals surface area contributed by atoms with E-state index in [1.54, 1.807) is 0 Å². The molecule has 0 unspecified atom stereocenters. The smallest absolute Gasteiger partial charge is 0.256 e. The van der Waals surface area contributed by atoms with E-state index in [0.29, 0.717) is 0 Å². The molecule has 7 aromatic carbocycles. The molecule has 6 nitrogen and oxygen atoms in total. The summed E-state index contributed by atoms with van der Waals surface area (Å²) in [4.78, 5) is 10.7. The van der Waals surface area contributed by atoms with Gasteiger partial charge in [0.15, 0.2) is 0 Å². The van der Waals surface area contributed by atoms with Crippen LogP contribution in [0.1, 0.15) is 47.9 Å². The lowest BCUT2D eigenvalue weighted by Crippen LogP contribution is -2.64. The molecular weight excluding hydrogens is 758 g/mol. The summed E-state index contributed by atoms with van der Waals surface area (Å²) < 4.78 is 14.5. The van der Waals surface area contributed by atoms with Crippen LogP contribution in [-0.4, -0.2) is 39.6 Å². The first kappa shape index (κ1) is 34.1. The minimum atomic E-state index is 0.0171. The lowest BCUT2D eigenvalue weighted by Gasteiger charge is -2.49. The van der Waals surface area contributed by atoms with Gasteiger partial charge in [-0.05, 0) is 138 Å². The second-order valence-electron chi connectivity index (χ2n) is 18.6. The maximum absolute atomic E-state index is 7.25. The predicted octanol–water partition coefficient (Wildman–Crippen LogP) is 7.89. The van der Waals surface area contributed by atoms with Gasteiger partial charge in [-0.2, -0.15) is 0 Å². The number of rotatable bonds is 2. The largest absolute Gasteiger partial charge is 0.458 e. The molecule has 298 valence electrons. The molecule has 0 aliphatic carbocycles. The quantitative estimate of drug-likeness (QED) is 0.166. The normalized spacial score (nSPS) is 17.6. The molecule has 0 aromatic heterocycles. The molecule has 8 heterocycles. The number of hydrogen-bond acceptors (Lipinski definition) is 6. The lowest BCUT2D eigenvalue weighted by molar-refractivity contribution is 0.475. The van der Waals surface area contributed by atoms with Crippen molar-refractivity contribution < 1.29 is 9.47 Å². The molecule has 62 heavy (non-hydrogen) atoms. The number of anilines is 8.